The van der Waals surface area contributed by atoms with Crippen LogP contribution in [0.1, 0.15) is 29.7 Å². The Labute approximate surface area is 129 Å². The molecule has 2 aromatic rings. The van der Waals surface area contributed by atoms with E-state index in [1.807, 2.05) is 37.3 Å². The van der Waals surface area contributed by atoms with Crippen LogP contribution < -0.4 is 5.43 Å². The van der Waals surface area contributed by atoms with Crippen molar-refractivity contribution < 1.29 is 9.18 Å². The first-order valence-electron chi connectivity index (χ1n) is 7.15. The summed E-state index contributed by atoms with van der Waals surface area (Å²) < 4.78 is 13.1. The fourth-order valence-electron chi connectivity index (χ4n) is 2.54. The van der Waals surface area contributed by atoms with E-state index in [2.05, 4.69) is 5.43 Å². The molecular weight excluding hydrogens is 279 g/mol. The number of nitrogens with one attached hydrogen (secondary N) is 1. The molecule has 0 saturated carbocycles. The molecule has 0 aliphatic carbocycles. The molecule has 1 atom stereocenters. The predicted octanol–water partition coefficient (Wildman–Crippen LogP) is 3.58. The third-order valence-corrected chi connectivity index (χ3v) is 3.76. The Morgan fingerprint density at radius 2 is 1.73 bits per heavy atom. The van der Waals surface area contributed by atoms with Crippen molar-refractivity contribution in [2.24, 2.45) is 0 Å². The zero-order chi connectivity index (χ0) is 15.7. The minimum Gasteiger partial charge on any atom is -0.295 e. The third kappa shape index (κ3) is 2.72. The molecule has 22 heavy (non-hydrogen) atoms. The van der Waals surface area contributed by atoms with E-state index in [0.29, 0.717) is 0 Å². The highest BCUT2D eigenvalue weighted by Gasteiger charge is 2.28. The molecule has 0 fully saturated rings. The van der Waals surface area contributed by atoms with Gasteiger partial charge in [-0.05, 0) is 36.3 Å². The number of aryl methyl sites for hydroxylation is 1. The minimum atomic E-state index is -0.285. The first-order valence-corrected chi connectivity index (χ1v) is 7.15. The third-order valence-electron chi connectivity index (χ3n) is 3.76. The number of halogens is 1. The fraction of sp³-hybridized carbons (Fsp3) is 0.167. The van der Waals surface area contributed by atoms with Gasteiger partial charge in [-0.25, -0.2) is 9.40 Å². The Balaban J connectivity index is 1.96. The number of amides is 1. The molecular formula is C18H17FN2O. The molecule has 0 bridgehead atoms. The molecule has 3 rings (SSSR count). The maximum absolute atomic E-state index is 13.1. The number of nitrogens with zero attached hydrogens (tertiary/aromatic N) is 1. The molecule has 112 valence electrons. The smallest absolute Gasteiger partial charge is 0.238 e. The second-order valence-electron chi connectivity index (χ2n) is 5.44. The summed E-state index contributed by atoms with van der Waals surface area (Å²) in [6, 6.07) is 14.1. The standard InChI is InChI=1S/C18H17FN2O/c1-12-3-5-14(6-4-12)17-11-18(21(20-17)13(2)22)15-7-9-16(19)10-8-15/h3-11,18,20H,1-2H3. The lowest BCUT2D eigenvalue weighted by Crippen LogP contribution is -2.37. The molecule has 0 aromatic heterocycles. The van der Waals surface area contributed by atoms with Crippen molar-refractivity contribution in [2.45, 2.75) is 19.9 Å². The van der Waals surface area contributed by atoms with Crippen molar-refractivity contribution in [2.75, 3.05) is 0 Å². The van der Waals surface area contributed by atoms with Gasteiger partial charge in [-0.3, -0.25) is 10.2 Å². The van der Waals surface area contributed by atoms with Crippen LogP contribution in [0.2, 0.25) is 0 Å². The SMILES string of the molecule is CC(=O)N1NC(c2ccc(C)cc2)=CC1c1ccc(F)cc1. The summed E-state index contributed by atoms with van der Waals surface area (Å²) in [7, 11) is 0. The topological polar surface area (TPSA) is 32.3 Å². The largest absolute Gasteiger partial charge is 0.295 e. The van der Waals surface area contributed by atoms with Crippen molar-refractivity contribution in [3.05, 3.63) is 77.1 Å². The summed E-state index contributed by atoms with van der Waals surface area (Å²) in [5.74, 6) is -0.375. The first kappa shape index (κ1) is 14.3. The Hall–Kier alpha value is -2.62. The molecule has 2 aromatic carbocycles. The van der Waals surface area contributed by atoms with Crippen LogP contribution in [0.15, 0.2) is 54.6 Å². The van der Waals surface area contributed by atoms with E-state index < -0.39 is 0 Å². The van der Waals surface area contributed by atoms with Gasteiger partial charge >= 0.3 is 0 Å². The van der Waals surface area contributed by atoms with Crippen LogP contribution in [0.5, 0.6) is 0 Å². The minimum absolute atomic E-state index is 0.0901. The van der Waals surface area contributed by atoms with Gasteiger partial charge in [-0.2, -0.15) is 0 Å². The van der Waals surface area contributed by atoms with Crippen molar-refractivity contribution in [1.29, 1.82) is 0 Å². The second kappa shape index (κ2) is 5.64. The van der Waals surface area contributed by atoms with Gasteiger partial charge < -0.3 is 0 Å². The van der Waals surface area contributed by atoms with Crippen LogP contribution >= 0.6 is 0 Å². The van der Waals surface area contributed by atoms with E-state index in [0.717, 1.165) is 16.8 Å². The summed E-state index contributed by atoms with van der Waals surface area (Å²) in [4.78, 5) is 11.9. The number of benzene rings is 2. The van der Waals surface area contributed by atoms with E-state index >= 15 is 0 Å². The number of rotatable bonds is 2. The van der Waals surface area contributed by atoms with Gasteiger partial charge in [0, 0.05) is 6.92 Å². The summed E-state index contributed by atoms with van der Waals surface area (Å²) in [6.07, 6.45) is 1.99. The van der Waals surface area contributed by atoms with E-state index in [4.69, 9.17) is 0 Å². The van der Waals surface area contributed by atoms with Crippen LogP contribution in [0.25, 0.3) is 5.70 Å². The van der Waals surface area contributed by atoms with Crippen LogP contribution in [-0.2, 0) is 4.79 Å². The number of hydrogen-bond donors (Lipinski definition) is 1. The van der Waals surface area contributed by atoms with E-state index in [1.165, 1.54) is 24.6 Å². The Morgan fingerprint density at radius 1 is 1.09 bits per heavy atom. The number of carbonyl (C=O) groups is 1. The van der Waals surface area contributed by atoms with Crippen LogP contribution in [0.3, 0.4) is 0 Å². The zero-order valence-corrected chi connectivity index (χ0v) is 12.5. The van der Waals surface area contributed by atoms with Crippen molar-refractivity contribution in [3.63, 3.8) is 0 Å². The highest BCUT2D eigenvalue weighted by molar-refractivity contribution is 5.79. The van der Waals surface area contributed by atoms with Crippen LogP contribution in [0, 0.1) is 12.7 Å². The van der Waals surface area contributed by atoms with Gasteiger partial charge in [0.1, 0.15) is 5.82 Å². The average Bonchev–Trinajstić information content (AvgIpc) is 2.94. The molecule has 4 heteroatoms. The van der Waals surface area contributed by atoms with Gasteiger partial charge in [-0.1, -0.05) is 42.0 Å². The second-order valence-corrected chi connectivity index (χ2v) is 5.44. The Kier molecular flexibility index (Phi) is 3.67. The van der Waals surface area contributed by atoms with Crippen LogP contribution in [-0.4, -0.2) is 10.9 Å². The van der Waals surface area contributed by atoms with Gasteiger partial charge in [0.05, 0.1) is 11.7 Å². The fourth-order valence-corrected chi connectivity index (χ4v) is 2.54. The number of carbonyl (C=O) groups excluding carboxylic acids is 1. The van der Waals surface area contributed by atoms with E-state index in [-0.39, 0.29) is 17.8 Å². The molecule has 1 aliphatic rings. The van der Waals surface area contributed by atoms with Crippen molar-refractivity contribution in [3.8, 4) is 0 Å². The molecule has 1 N–H and O–H groups in total. The zero-order valence-electron chi connectivity index (χ0n) is 12.5. The maximum Gasteiger partial charge on any atom is 0.238 e. The normalized spacial score (nSPS) is 17.1. The number of hydrazine groups is 1. The van der Waals surface area contributed by atoms with Crippen molar-refractivity contribution in [1.82, 2.24) is 10.4 Å². The summed E-state index contributed by atoms with van der Waals surface area (Å²) in [6.45, 7) is 3.54. The van der Waals surface area contributed by atoms with E-state index in [1.54, 1.807) is 17.1 Å². The molecule has 1 amide bonds. The molecule has 0 radical (unpaired) electrons. The van der Waals surface area contributed by atoms with Crippen molar-refractivity contribution >= 4 is 11.6 Å². The quantitative estimate of drug-likeness (QED) is 0.918. The summed E-state index contributed by atoms with van der Waals surface area (Å²) >= 11 is 0. The maximum atomic E-state index is 13.1. The lowest BCUT2D eigenvalue weighted by molar-refractivity contribution is -0.132. The molecule has 0 spiro atoms. The molecule has 1 aliphatic heterocycles. The highest BCUT2D eigenvalue weighted by Crippen LogP contribution is 2.31. The molecule has 3 nitrogen and oxygen atoms in total. The van der Waals surface area contributed by atoms with Gasteiger partial charge in [0.2, 0.25) is 5.91 Å². The van der Waals surface area contributed by atoms with E-state index in [9.17, 15) is 9.18 Å². The monoisotopic (exact) mass is 296 g/mol. The van der Waals surface area contributed by atoms with Gasteiger partial charge in [-0.15, -0.1) is 0 Å². The first-order chi connectivity index (χ1) is 10.5. The highest BCUT2D eigenvalue weighted by atomic mass is 19.1. The average molecular weight is 296 g/mol. The predicted molar refractivity (Wildman–Crippen MR) is 84.0 cm³/mol. The molecule has 1 unspecified atom stereocenters. The molecule has 0 saturated heterocycles. The lowest BCUT2D eigenvalue weighted by atomic mass is 10.0. The van der Waals surface area contributed by atoms with Gasteiger partial charge in [0.25, 0.3) is 0 Å². The summed E-state index contributed by atoms with van der Waals surface area (Å²) in [5.41, 5.74) is 7.08. The Morgan fingerprint density at radius 3 is 2.32 bits per heavy atom. The lowest BCUT2D eigenvalue weighted by Gasteiger charge is -2.24. The summed E-state index contributed by atoms with van der Waals surface area (Å²) in [5, 5.41) is 1.56. The van der Waals surface area contributed by atoms with Gasteiger partial charge in [0.15, 0.2) is 0 Å². The molecule has 1 heterocycles. The Bertz CT molecular complexity index is 720. The van der Waals surface area contributed by atoms with Crippen LogP contribution in [0.4, 0.5) is 4.39 Å². The number of hydrogen-bond acceptors (Lipinski definition) is 2.